The first kappa shape index (κ1) is 18.6. The van der Waals surface area contributed by atoms with Gasteiger partial charge in [0.1, 0.15) is 5.82 Å². The Labute approximate surface area is 168 Å². The number of aryl methyl sites for hydroxylation is 1. The molecule has 2 heterocycles. The van der Waals surface area contributed by atoms with Crippen LogP contribution in [0.4, 0.5) is 0 Å². The van der Waals surface area contributed by atoms with Gasteiger partial charge in [0.05, 0.1) is 23.0 Å². The van der Waals surface area contributed by atoms with Gasteiger partial charge in [0.25, 0.3) is 5.56 Å². The number of H-pyrrole nitrogens is 1. The van der Waals surface area contributed by atoms with E-state index in [0.29, 0.717) is 11.2 Å². The normalized spacial score (nSPS) is 13.5. The Bertz CT molecular complexity index is 1120. The van der Waals surface area contributed by atoms with E-state index >= 15 is 0 Å². The first-order valence-electron chi connectivity index (χ1n) is 9.53. The lowest BCUT2D eigenvalue weighted by Crippen LogP contribution is -2.28. The van der Waals surface area contributed by atoms with Crippen molar-refractivity contribution in [3.8, 4) is 0 Å². The van der Waals surface area contributed by atoms with Crippen molar-refractivity contribution in [1.29, 1.82) is 0 Å². The lowest BCUT2D eigenvalue weighted by molar-refractivity contribution is 0.500. The number of hydrogen-bond acceptors (Lipinski definition) is 4. The lowest BCUT2D eigenvalue weighted by atomic mass is 10.0. The van der Waals surface area contributed by atoms with Crippen molar-refractivity contribution in [1.82, 2.24) is 15.3 Å². The number of aromatic amines is 1. The van der Waals surface area contributed by atoms with Gasteiger partial charge >= 0.3 is 0 Å². The maximum absolute atomic E-state index is 12.4. The fourth-order valence-corrected chi connectivity index (χ4v) is 4.19. The van der Waals surface area contributed by atoms with E-state index in [4.69, 9.17) is 0 Å². The average molecular weight is 390 g/mol. The molecule has 2 aromatic heterocycles. The zero-order valence-electron chi connectivity index (χ0n) is 16.0. The molecule has 4 nitrogen and oxygen atoms in total. The zero-order valence-corrected chi connectivity index (χ0v) is 16.8. The fourth-order valence-electron chi connectivity index (χ4n) is 3.38. The molecule has 5 heteroatoms. The molecule has 0 aliphatic heterocycles. The van der Waals surface area contributed by atoms with E-state index < -0.39 is 0 Å². The Balaban J connectivity index is 1.67. The van der Waals surface area contributed by atoms with Crippen molar-refractivity contribution in [3.05, 3.63) is 98.2 Å². The van der Waals surface area contributed by atoms with Gasteiger partial charge in [-0.1, -0.05) is 49.4 Å². The maximum atomic E-state index is 12.4. The van der Waals surface area contributed by atoms with Crippen LogP contribution in [0.5, 0.6) is 0 Å². The molecule has 4 aromatic rings. The molecule has 2 N–H and O–H groups in total. The van der Waals surface area contributed by atoms with E-state index in [1.54, 1.807) is 17.4 Å². The highest BCUT2D eigenvalue weighted by Gasteiger charge is 2.20. The highest BCUT2D eigenvalue weighted by Crippen LogP contribution is 2.29. The van der Waals surface area contributed by atoms with Crippen LogP contribution >= 0.6 is 11.3 Å². The van der Waals surface area contributed by atoms with Crippen molar-refractivity contribution < 1.29 is 0 Å². The molecule has 142 valence electrons. The highest BCUT2D eigenvalue weighted by atomic mass is 32.1. The summed E-state index contributed by atoms with van der Waals surface area (Å²) >= 11 is 1.72. The minimum absolute atomic E-state index is 0.0395. The zero-order chi connectivity index (χ0) is 19.5. The third-order valence-corrected chi connectivity index (χ3v) is 5.94. The summed E-state index contributed by atoms with van der Waals surface area (Å²) in [5.41, 5.74) is 3.14. The van der Waals surface area contributed by atoms with E-state index in [0.717, 1.165) is 11.9 Å². The number of nitrogens with one attached hydrogen (secondary N) is 2. The topological polar surface area (TPSA) is 57.8 Å². The second-order valence-corrected chi connectivity index (χ2v) is 7.88. The monoisotopic (exact) mass is 389 g/mol. The van der Waals surface area contributed by atoms with Gasteiger partial charge in [0, 0.05) is 4.88 Å². The molecular formula is C23H23N3OS. The van der Waals surface area contributed by atoms with Gasteiger partial charge in [-0.05, 0) is 48.1 Å². The molecule has 28 heavy (non-hydrogen) atoms. The number of thiophene rings is 1. The molecule has 0 amide bonds. The number of hydrogen-bond donors (Lipinski definition) is 2. The van der Waals surface area contributed by atoms with Crippen LogP contribution in [0.15, 0.2) is 70.8 Å². The van der Waals surface area contributed by atoms with E-state index in [1.165, 1.54) is 16.0 Å². The summed E-state index contributed by atoms with van der Waals surface area (Å²) in [7, 11) is 0. The molecule has 0 aliphatic rings. The maximum Gasteiger partial charge on any atom is 0.258 e. The first-order chi connectivity index (χ1) is 13.7. The number of benzene rings is 2. The van der Waals surface area contributed by atoms with Crippen LogP contribution in [-0.4, -0.2) is 9.97 Å². The van der Waals surface area contributed by atoms with Crippen molar-refractivity contribution in [2.24, 2.45) is 0 Å². The minimum Gasteiger partial charge on any atom is -0.309 e. The van der Waals surface area contributed by atoms with E-state index in [-0.39, 0.29) is 17.6 Å². The predicted molar refractivity (Wildman–Crippen MR) is 116 cm³/mol. The molecular weight excluding hydrogens is 366 g/mol. The molecule has 0 spiro atoms. The van der Waals surface area contributed by atoms with Crippen LogP contribution in [0.1, 0.15) is 47.8 Å². The van der Waals surface area contributed by atoms with Gasteiger partial charge < -0.3 is 4.98 Å². The summed E-state index contributed by atoms with van der Waals surface area (Å²) in [4.78, 5) is 21.3. The number of fused-ring (bicyclic) bond motifs is 1. The Kier molecular flexibility index (Phi) is 5.37. The number of rotatable bonds is 6. The smallest absolute Gasteiger partial charge is 0.258 e. The molecule has 4 rings (SSSR count). The summed E-state index contributed by atoms with van der Waals surface area (Å²) < 4.78 is 0. The second-order valence-electron chi connectivity index (χ2n) is 6.90. The van der Waals surface area contributed by atoms with Crippen molar-refractivity contribution in [3.63, 3.8) is 0 Å². The molecule has 0 fully saturated rings. The van der Waals surface area contributed by atoms with Gasteiger partial charge in [-0.15, -0.1) is 11.3 Å². The van der Waals surface area contributed by atoms with E-state index in [9.17, 15) is 4.79 Å². The first-order valence-corrected chi connectivity index (χ1v) is 10.4. The molecule has 0 radical (unpaired) electrons. The summed E-state index contributed by atoms with van der Waals surface area (Å²) in [6, 6.07) is 20.3. The molecule has 0 saturated carbocycles. The van der Waals surface area contributed by atoms with Crippen LogP contribution in [0.3, 0.4) is 0 Å². The summed E-state index contributed by atoms with van der Waals surface area (Å²) in [6.45, 7) is 4.20. The van der Waals surface area contributed by atoms with Crippen LogP contribution in [-0.2, 0) is 6.42 Å². The van der Waals surface area contributed by atoms with Crippen LogP contribution < -0.4 is 10.9 Å². The molecule has 0 aliphatic carbocycles. The largest absolute Gasteiger partial charge is 0.309 e. The Hall–Kier alpha value is -2.76. The predicted octanol–water partition coefficient (Wildman–Crippen LogP) is 4.99. The van der Waals surface area contributed by atoms with Gasteiger partial charge in [-0.3, -0.25) is 10.1 Å². The SMILES string of the molecule is CCc1ccc([C@H](N[C@H](C)c2nc3ccccc3c(=O)[nH]2)c2cccs2)cc1. The summed E-state index contributed by atoms with van der Waals surface area (Å²) in [5, 5.41) is 6.36. The highest BCUT2D eigenvalue weighted by molar-refractivity contribution is 7.10. The molecule has 0 unspecified atom stereocenters. The fraction of sp³-hybridized carbons (Fsp3) is 0.217. The van der Waals surface area contributed by atoms with Crippen molar-refractivity contribution in [2.45, 2.75) is 32.4 Å². The Morgan fingerprint density at radius 3 is 2.57 bits per heavy atom. The second kappa shape index (κ2) is 8.09. The summed E-state index contributed by atoms with van der Waals surface area (Å²) in [5.74, 6) is 0.649. The molecule has 0 bridgehead atoms. The Morgan fingerprint density at radius 2 is 1.86 bits per heavy atom. The van der Waals surface area contributed by atoms with Gasteiger partial charge in [0.15, 0.2) is 0 Å². The number of aromatic nitrogens is 2. The molecule has 2 aromatic carbocycles. The third-order valence-electron chi connectivity index (χ3n) is 5.01. The van der Waals surface area contributed by atoms with Crippen molar-refractivity contribution >= 4 is 22.2 Å². The standard InChI is InChI=1S/C23H23N3OS/c1-3-16-10-12-17(13-11-16)21(20-9-6-14-28-20)24-15(2)22-25-19-8-5-4-7-18(19)23(27)26-22/h4-15,21,24H,3H2,1-2H3,(H,25,26,27)/t15-,21+/m1/s1. The average Bonchev–Trinajstić information content (AvgIpc) is 3.26. The quantitative estimate of drug-likeness (QED) is 0.489. The third kappa shape index (κ3) is 3.77. The molecule has 2 atom stereocenters. The van der Waals surface area contributed by atoms with Crippen LogP contribution in [0.25, 0.3) is 10.9 Å². The number of para-hydroxylation sites is 1. The van der Waals surface area contributed by atoms with Gasteiger partial charge in [0.2, 0.25) is 0 Å². The molecule has 0 saturated heterocycles. The van der Waals surface area contributed by atoms with E-state index in [1.807, 2.05) is 25.1 Å². The summed E-state index contributed by atoms with van der Waals surface area (Å²) in [6.07, 6.45) is 1.02. The van der Waals surface area contributed by atoms with Crippen molar-refractivity contribution in [2.75, 3.05) is 0 Å². The van der Waals surface area contributed by atoms with Crippen LogP contribution in [0, 0.1) is 0 Å². The van der Waals surface area contributed by atoms with E-state index in [2.05, 4.69) is 64.0 Å². The lowest BCUT2D eigenvalue weighted by Gasteiger charge is -2.23. The Morgan fingerprint density at radius 1 is 1.07 bits per heavy atom. The van der Waals surface area contributed by atoms with Crippen LogP contribution in [0.2, 0.25) is 0 Å². The number of nitrogens with zero attached hydrogens (tertiary/aromatic N) is 1. The van der Waals surface area contributed by atoms with Gasteiger partial charge in [-0.2, -0.15) is 0 Å². The minimum atomic E-state index is -0.116. The van der Waals surface area contributed by atoms with Gasteiger partial charge in [-0.25, -0.2) is 4.98 Å².